The lowest BCUT2D eigenvalue weighted by molar-refractivity contribution is -0.142. The van der Waals surface area contributed by atoms with Crippen LogP contribution in [0.1, 0.15) is 54.3 Å². The standard InChI is InChI=1S/C21H20F4N4O3/c22-13-9-12(10-14(23)11-13)16-1-2-17-29(16)19(31)21(32-17)4-7-27(8-5-21)18(30)15-3-6-28(26-15)20(24)25/h3,6,9-11,16-17,20H,1-2,4-5,7-8H2. The van der Waals surface area contributed by atoms with Crippen LogP contribution in [0.25, 0.3) is 0 Å². The highest BCUT2D eigenvalue weighted by Gasteiger charge is 2.58. The van der Waals surface area contributed by atoms with Crippen molar-refractivity contribution in [1.29, 1.82) is 0 Å². The van der Waals surface area contributed by atoms with Crippen LogP contribution < -0.4 is 0 Å². The number of carbonyl (C=O) groups is 2. The maximum atomic E-state index is 13.7. The van der Waals surface area contributed by atoms with Crippen molar-refractivity contribution in [3.63, 3.8) is 0 Å². The molecule has 1 aromatic carbocycles. The van der Waals surface area contributed by atoms with Crippen molar-refractivity contribution in [1.82, 2.24) is 19.6 Å². The van der Waals surface area contributed by atoms with Crippen molar-refractivity contribution in [2.24, 2.45) is 0 Å². The Morgan fingerprint density at radius 2 is 1.81 bits per heavy atom. The van der Waals surface area contributed by atoms with Gasteiger partial charge in [0.15, 0.2) is 11.3 Å². The summed E-state index contributed by atoms with van der Waals surface area (Å²) in [7, 11) is 0. The van der Waals surface area contributed by atoms with Gasteiger partial charge in [-0.25, -0.2) is 13.5 Å². The Labute approximate surface area is 180 Å². The molecule has 0 saturated carbocycles. The van der Waals surface area contributed by atoms with Gasteiger partial charge in [0.1, 0.15) is 17.9 Å². The first-order valence-corrected chi connectivity index (χ1v) is 10.4. The molecular weight excluding hydrogens is 432 g/mol. The molecule has 3 fully saturated rings. The molecule has 0 aliphatic carbocycles. The molecule has 3 saturated heterocycles. The van der Waals surface area contributed by atoms with E-state index in [1.54, 1.807) is 4.90 Å². The summed E-state index contributed by atoms with van der Waals surface area (Å²) in [5.41, 5.74) is -0.802. The van der Waals surface area contributed by atoms with Crippen molar-refractivity contribution in [3.8, 4) is 0 Å². The topological polar surface area (TPSA) is 67.7 Å². The van der Waals surface area contributed by atoms with Crippen LogP contribution in [0.5, 0.6) is 0 Å². The predicted molar refractivity (Wildman–Crippen MR) is 101 cm³/mol. The van der Waals surface area contributed by atoms with Crippen molar-refractivity contribution < 1.29 is 31.9 Å². The molecule has 0 bridgehead atoms. The fraction of sp³-hybridized carbons (Fsp3) is 0.476. The largest absolute Gasteiger partial charge is 0.342 e. The van der Waals surface area contributed by atoms with Gasteiger partial charge in [0, 0.05) is 38.2 Å². The van der Waals surface area contributed by atoms with Crippen LogP contribution in [0.15, 0.2) is 30.5 Å². The average molecular weight is 452 g/mol. The zero-order valence-electron chi connectivity index (χ0n) is 16.9. The second kappa shape index (κ2) is 7.58. The molecule has 2 unspecified atom stereocenters. The summed E-state index contributed by atoms with van der Waals surface area (Å²) in [6.07, 6.45) is 2.12. The molecule has 2 amide bonds. The third-order valence-electron chi connectivity index (χ3n) is 6.47. The summed E-state index contributed by atoms with van der Waals surface area (Å²) < 4.78 is 59.4. The molecule has 5 rings (SSSR count). The number of halogens is 4. The molecule has 3 aliphatic heterocycles. The van der Waals surface area contributed by atoms with Crippen LogP contribution in [-0.4, -0.2) is 56.3 Å². The van der Waals surface area contributed by atoms with Gasteiger partial charge in [-0.2, -0.15) is 13.9 Å². The Balaban J connectivity index is 1.29. The van der Waals surface area contributed by atoms with Gasteiger partial charge in [0.25, 0.3) is 11.8 Å². The van der Waals surface area contributed by atoms with Gasteiger partial charge in [-0.15, -0.1) is 0 Å². The van der Waals surface area contributed by atoms with E-state index in [0.717, 1.165) is 12.3 Å². The number of fused-ring (bicyclic) bond motifs is 1. The van der Waals surface area contributed by atoms with E-state index in [-0.39, 0.29) is 37.5 Å². The summed E-state index contributed by atoms with van der Waals surface area (Å²) in [4.78, 5) is 29.0. The fourth-order valence-corrected chi connectivity index (χ4v) is 4.93. The molecule has 2 atom stereocenters. The number of piperidine rings is 1. The molecule has 1 spiro atoms. The average Bonchev–Trinajstić information content (AvgIpc) is 3.45. The van der Waals surface area contributed by atoms with E-state index in [4.69, 9.17) is 4.74 Å². The third kappa shape index (κ3) is 3.35. The number of amides is 2. The first-order valence-electron chi connectivity index (χ1n) is 10.4. The summed E-state index contributed by atoms with van der Waals surface area (Å²) in [5.74, 6) is -2.14. The van der Waals surface area contributed by atoms with Gasteiger partial charge in [-0.1, -0.05) is 0 Å². The first kappa shape index (κ1) is 20.9. The number of ether oxygens (including phenoxy) is 1. The van der Waals surface area contributed by atoms with Crippen molar-refractivity contribution in [3.05, 3.63) is 53.4 Å². The molecule has 0 radical (unpaired) electrons. The minimum Gasteiger partial charge on any atom is -0.342 e. The highest BCUT2D eigenvalue weighted by molar-refractivity contribution is 5.93. The molecular formula is C21H20F4N4O3. The molecule has 0 N–H and O–H groups in total. The second-order valence-electron chi connectivity index (χ2n) is 8.33. The van der Waals surface area contributed by atoms with Gasteiger partial charge in [0.05, 0.1) is 6.04 Å². The lowest BCUT2D eigenvalue weighted by Gasteiger charge is -2.37. The molecule has 3 aliphatic rings. The summed E-state index contributed by atoms with van der Waals surface area (Å²) in [6.45, 7) is -2.43. The van der Waals surface area contributed by atoms with Gasteiger partial charge < -0.3 is 14.5 Å². The Kier molecular flexibility index (Phi) is 4.95. The maximum absolute atomic E-state index is 13.7. The summed E-state index contributed by atoms with van der Waals surface area (Å²) in [5, 5.41) is 3.60. The SMILES string of the molecule is O=C(c1ccn(C(F)F)n1)N1CCC2(CC1)OC1CCC(c3cc(F)cc(F)c3)N1C2=O. The molecule has 4 heterocycles. The van der Waals surface area contributed by atoms with E-state index >= 15 is 0 Å². The molecule has 32 heavy (non-hydrogen) atoms. The van der Waals surface area contributed by atoms with Crippen LogP contribution in [0.4, 0.5) is 17.6 Å². The number of benzene rings is 1. The smallest absolute Gasteiger partial charge is 0.333 e. The number of carbonyl (C=O) groups excluding carboxylic acids is 2. The van der Waals surface area contributed by atoms with Crippen LogP contribution in [0.2, 0.25) is 0 Å². The molecule has 7 nitrogen and oxygen atoms in total. The van der Waals surface area contributed by atoms with E-state index in [0.29, 0.717) is 23.1 Å². The van der Waals surface area contributed by atoms with Gasteiger partial charge in [-0.3, -0.25) is 9.59 Å². The van der Waals surface area contributed by atoms with Gasteiger partial charge in [-0.05, 0) is 36.6 Å². The quantitative estimate of drug-likeness (QED) is 0.671. The zero-order chi connectivity index (χ0) is 22.6. The lowest BCUT2D eigenvalue weighted by Crippen LogP contribution is -2.51. The summed E-state index contributed by atoms with van der Waals surface area (Å²) >= 11 is 0. The van der Waals surface area contributed by atoms with Crippen molar-refractivity contribution in [2.75, 3.05) is 13.1 Å². The molecule has 11 heteroatoms. The van der Waals surface area contributed by atoms with E-state index in [9.17, 15) is 27.2 Å². The molecule has 2 aromatic rings. The predicted octanol–water partition coefficient (Wildman–Crippen LogP) is 3.25. The van der Waals surface area contributed by atoms with Gasteiger partial charge >= 0.3 is 6.55 Å². The number of nitrogens with zero attached hydrogens (tertiary/aromatic N) is 4. The zero-order valence-corrected chi connectivity index (χ0v) is 16.9. The maximum Gasteiger partial charge on any atom is 0.333 e. The Morgan fingerprint density at radius 3 is 2.44 bits per heavy atom. The monoisotopic (exact) mass is 452 g/mol. The van der Waals surface area contributed by atoms with Crippen LogP contribution in [0, 0.1) is 11.6 Å². The highest BCUT2D eigenvalue weighted by Crippen LogP contribution is 2.47. The number of alkyl halides is 2. The minimum atomic E-state index is -2.83. The number of aromatic nitrogens is 2. The Bertz CT molecular complexity index is 1050. The number of rotatable bonds is 3. The normalized spacial score (nSPS) is 24.6. The van der Waals surface area contributed by atoms with Crippen LogP contribution in [-0.2, 0) is 9.53 Å². The second-order valence-corrected chi connectivity index (χ2v) is 8.33. The highest BCUT2D eigenvalue weighted by atomic mass is 19.3. The van der Waals surface area contributed by atoms with Crippen molar-refractivity contribution in [2.45, 2.75) is 50.1 Å². The van der Waals surface area contributed by atoms with Gasteiger partial charge in [0.2, 0.25) is 0 Å². The van der Waals surface area contributed by atoms with E-state index < -0.39 is 42.0 Å². The number of likely N-dealkylation sites (tertiary alicyclic amines) is 1. The van der Waals surface area contributed by atoms with E-state index in [1.807, 2.05) is 0 Å². The van der Waals surface area contributed by atoms with Crippen LogP contribution in [0.3, 0.4) is 0 Å². The van der Waals surface area contributed by atoms with E-state index in [2.05, 4.69) is 5.10 Å². The first-order chi connectivity index (χ1) is 15.3. The lowest BCUT2D eigenvalue weighted by atomic mass is 9.89. The number of hydrogen-bond acceptors (Lipinski definition) is 4. The minimum absolute atomic E-state index is 0.0891. The molecule has 170 valence electrons. The molecule has 1 aromatic heterocycles. The van der Waals surface area contributed by atoms with Crippen LogP contribution >= 0.6 is 0 Å². The fourth-order valence-electron chi connectivity index (χ4n) is 4.93. The summed E-state index contributed by atoms with van der Waals surface area (Å²) in [6, 6.07) is 4.00. The Morgan fingerprint density at radius 1 is 1.12 bits per heavy atom. The van der Waals surface area contributed by atoms with E-state index in [1.165, 1.54) is 23.1 Å². The number of hydrogen-bond donors (Lipinski definition) is 0. The Hall–Kier alpha value is -2.95. The van der Waals surface area contributed by atoms with Crippen molar-refractivity contribution >= 4 is 11.8 Å². The third-order valence-corrected chi connectivity index (χ3v) is 6.47.